The third kappa shape index (κ3) is 0.969. The van der Waals surface area contributed by atoms with Gasteiger partial charge >= 0.3 is 0 Å². The Bertz CT molecular complexity index is 494. The lowest BCUT2D eigenvalue weighted by Crippen LogP contribution is -1.79. The number of aromatic nitrogens is 1. The van der Waals surface area contributed by atoms with Gasteiger partial charge in [0.2, 0.25) is 0 Å². The van der Waals surface area contributed by atoms with Crippen molar-refractivity contribution < 1.29 is 5.11 Å². The van der Waals surface area contributed by atoms with Gasteiger partial charge in [-0.15, -0.1) is 0 Å². The second-order valence-corrected chi connectivity index (χ2v) is 4.17. The van der Waals surface area contributed by atoms with E-state index < -0.39 is 0 Å². The fourth-order valence-corrected chi connectivity index (χ4v) is 2.11. The quantitative estimate of drug-likeness (QED) is 0.707. The lowest BCUT2D eigenvalue weighted by atomic mass is 10.1. The highest BCUT2D eigenvalue weighted by Crippen LogP contribution is 2.45. The van der Waals surface area contributed by atoms with Crippen LogP contribution >= 0.6 is 0 Å². The average Bonchev–Trinajstić information content (AvgIpc) is 2.91. The monoisotopic (exact) mass is 187 g/mol. The molecule has 2 nitrogen and oxygen atoms in total. The molecular weight excluding hydrogens is 174 g/mol. The van der Waals surface area contributed by atoms with Gasteiger partial charge in [-0.25, -0.2) is 0 Å². The molecule has 1 aliphatic rings. The van der Waals surface area contributed by atoms with Crippen LogP contribution < -0.4 is 0 Å². The number of fused-ring (bicyclic) bond motifs is 1. The molecule has 3 rings (SSSR count). The normalized spacial score (nSPS) is 16.4. The first-order valence-corrected chi connectivity index (χ1v) is 5.07. The minimum absolute atomic E-state index is 0.411. The summed E-state index contributed by atoms with van der Waals surface area (Å²) in [5, 5.41) is 10.9. The summed E-state index contributed by atoms with van der Waals surface area (Å²) in [6, 6.07) is 3.74. The van der Waals surface area contributed by atoms with Crippen LogP contribution in [0.5, 0.6) is 5.75 Å². The van der Waals surface area contributed by atoms with Crippen LogP contribution in [0.4, 0.5) is 0 Å². The zero-order valence-corrected chi connectivity index (χ0v) is 8.17. The average molecular weight is 187 g/mol. The zero-order chi connectivity index (χ0) is 9.71. The van der Waals surface area contributed by atoms with Crippen LogP contribution in [0.3, 0.4) is 0 Å². The summed E-state index contributed by atoms with van der Waals surface area (Å²) >= 11 is 0. The van der Waals surface area contributed by atoms with Crippen LogP contribution in [0.2, 0.25) is 0 Å². The fraction of sp³-hybridized carbons (Fsp3) is 0.333. The molecular formula is C12H13NO. The number of hydrogen-bond acceptors (Lipinski definition) is 1. The molecule has 0 aliphatic heterocycles. The first kappa shape index (κ1) is 7.92. The van der Waals surface area contributed by atoms with Crippen LogP contribution in [-0.2, 0) is 0 Å². The van der Waals surface area contributed by atoms with Crippen LogP contribution in [-0.4, -0.2) is 10.1 Å². The summed E-state index contributed by atoms with van der Waals surface area (Å²) in [7, 11) is 0. The molecule has 0 bridgehead atoms. The third-order valence-electron chi connectivity index (χ3n) is 3.07. The Morgan fingerprint density at radius 1 is 1.36 bits per heavy atom. The topological polar surface area (TPSA) is 36.0 Å². The standard InChI is InChI=1S/C12H13NO/c1-7-2-5-10(14)11-9(8-3-4-8)6-13-12(7)11/h2,5-6,8,13-14H,3-4H2,1H3. The van der Waals surface area contributed by atoms with E-state index in [4.69, 9.17) is 0 Å². The van der Waals surface area contributed by atoms with Crippen LogP contribution in [0.1, 0.15) is 29.9 Å². The smallest absolute Gasteiger partial charge is 0.125 e. The molecule has 14 heavy (non-hydrogen) atoms. The molecule has 0 atom stereocenters. The van der Waals surface area contributed by atoms with E-state index in [0.29, 0.717) is 11.7 Å². The molecule has 0 saturated heterocycles. The minimum Gasteiger partial charge on any atom is -0.507 e. The third-order valence-corrected chi connectivity index (χ3v) is 3.07. The fourth-order valence-electron chi connectivity index (χ4n) is 2.11. The molecule has 0 spiro atoms. The van der Waals surface area contributed by atoms with Crippen molar-refractivity contribution in [1.29, 1.82) is 0 Å². The van der Waals surface area contributed by atoms with Gasteiger partial charge in [0.25, 0.3) is 0 Å². The van der Waals surface area contributed by atoms with E-state index >= 15 is 0 Å². The van der Waals surface area contributed by atoms with E-state index in [9.17, 15) is 5.11 Å². The first-order valence-electron chi connectivity index (χ1n) is 5.07. The van der Waals surface area contributed by atoms with Crippen molar-refractivity contribution in [1.82, 2.24) is 4.98 Å². The molecule has 0 amide bonds. The minimum atomic E-state index is 0.411. The predicted molar refractivity (Wildman–Crippen MR) is 56.7 cm³/mol. The van der Waals surface area contributed by atoms with Crippen LogP contribution in [0.15, 0.2) is 18.3 Å². The van der Waals surface area contributed by atoms with E-state index in [-0.39, 0.29) is 0 Å². The molecule has 1 fully saturated rings. The van der Waals surface area contributed by atoms with E-state index in [1.54, 1.807) is 6.07 Å². The molecule has 2 heteroatoms. The van der Waals surface area contributed by atoms with Crippen LogP contribution in [0.25, 0.3) is 10.9 Å². The molecule has 0 unspecified atom stereocenters. The lowest BCUT2D eigenvalue weighted by molar-refractivity contribution is 0.481. The van der Waals surface area contributed by atoms with Gasteiger partial charge in [-0.05, 0) is 42.9 Å². The summed E-state index contributed by atoms with van der Waals surface area (Å²) in [6.07, 6.45) is 4.58. The number of phenolic OH excluding ortho intramolecular Hbond substituents is 1. The zero-order valence-electron chi connectivity index (χ0n) is 8.17. The Morgan fingerprint density at radius 2 is 2.14 bits per heavy atom. The number of aromatic hydroxyl groups is 1. The van der Waals surface area contributed by atoms with Gasteiger partial charge in [0.1, 0.15) is 5.75 Å². The van der Waals surface area contributed by atoms with E-state index in [1.165, 1.54) is 24.0 Å². The number of benzene rings is 1. The second kappa shape index (κ2) is 2.53. The summed E-state index contributed by atoms with van der Waals surface area (Å²) < 4.78 is 0. The van der Waals surface area contributed by atoms with Crippen LogP contribution in [0, 0.1) is 6.92 Å². The number of H-pyrrole nitrogens is 1. The number of phenols is 1. The summed E-state index contributed by atoms with van der Waals surface area (Å²) in [4.78, 5) is 3.26. The van der Waals surface area contributed by atoms with Crippen molar-refractivity contribution in [2.75, 3.05) is 0 Å². The van der Waals surface area contributed by atoms with Crippen molar-refractivity contribution in [3.05, 3.63) is 29.5 Å². The molecule has 1 aromatic heterocycles. The van der Waals surface area contributed by atoms with Gasteiger partial charge < -0.3 is 10.1 Å². The van der Waals surface area contributed by atoms with E-state index in [0.717, 1.165) is 10.9 Å². The van der Waals surface area contributed by atoms with Gasteiger partial charge in [0, 0.05) is 11.6 Å². The summed E-state index contributed by atoms with van der Waals surface area (Å²) in [5.41, 5.74) is 3.58. The molecule has 2 aromatic rings. The number of aryl methyl sites for hydroxylation is 1. The van der Waals surface area contributed by atoms with Gasteiger partial charge in [-0.3, -0.25) is 0 Å². The SMILES string of the molecule is Cc1ccc(O)c2c(C3CC3)c[nH]c12. The molecule has 1 saturated carbocycles. The Balaban J connectivity index is 2.37. The van der Waals surface area contributed by atoms with Gasteiger partial charge in [0.05, 0.1) is 5.52 Å². The Labute approximate surface area is 82.6 Å². The number of nitrogens with one attached hydrogen (secondary N) is 1. The molecule has 0 radical (unpaired) electrons. The maximum atomic E-state index is 9.82. The number of hydrogen-bond donors (Lipinski definition) is 2. The van der Waals surface area contributed by atoms with Crippen molar-refractivity contribution in [2.24, 2.45) is 0 Å². The molecule has 1 aliphatic carbocycles. The highest BCUT2D eigenvalue weighted by atomic mass is 16.3. The van der Waals surface area contributed by atoms with E-state index in [1.807, 2.05) is 6.07 Å². The maximum absolute atomic E-state index is 9.82. The highest BCUT2D eigenvalue weighted by molar-refractivity contribution is 5.92. The molecule has 1 aromatic carbocycles. The van der Waals surface area contributed by atoms with Crippen molar-refractivity contribution in [3.8, 4) is 5.75 Å². The predicted octanol–water partition coefficient (Wildman–Crippen LogP) is 3.06. The molecule has 72 valence electrons. The van der Waals surface area contributed by atoms with Gasteiger partial charge in [0.15, 0.2) is 0 Å². The Kier molecular flexibility index (Phi) is 1.43. The van der Waals surface area contributed by atoms with Crippen molar-refractivity contribution >= 4 is 10.9 Å². The first-order chi connectivity index (χ1) is 6.77. The lowest BCUT2D eigenvalue weighted by Gasteiger charge is -2.01. The highest BCUT2D eigenvalue weighted by Gasteiger charge is 2.27. The Hall–Kier alpha value is -1.44. The second-order valence-electron chi connectivity index (χ2n) is 4.17. The number of aromatic amines is 1. The largest absolute Gasteiger partial charge is 0.507 e. The summed E-state index contributed by atoms with van der Waals surface area (Å²) in [6.45, 7) is 2.06. The summed E-state index contributed by atoms with van der Waals surface area (Å²) in [5.74, 6) is 1.09. The maximum Gasteiger partial charge on any atom is 0.125 e. The van der Waals surface area contributed by atoms with Gasteiger partial charge in [-0.1, -0.05) is 6.07 Å². The number of rotatable bonds is 1. The van der Waals surface area contributed by atoms with E-state index in [2.05, 4.69) is 18.1 Å². The van der Waals surface area contributed by atoms with Gasteiger partial charge in [-0.2, -0.15) is 0 Å². The Morgan fingerprint density at radius 3 is 2.86 bits per heavy atom. The molecule has 2 N–H and O–H groups in total. The molecule has 1 heterocycles. The van der Waals surface area contributed by atoms with Crippen molar-refractivity contribution in [2.45, 2.75) is 25.7 Å². The van der Waals surface area contributed by atoms with Crippen molar-refractivity contribution in [3.63, 3.8) is 0 Å².